The van der Waals surface area contributed by atoms with E-state index in [1.165, 1.54) is 6.07 Å². The van der Waals surface area contributed by atoms with Crippen molar-refractivity contribution in [2.75, 3.05) is 0 Å². The Hall–Kier alpha value is -0.890. The topological polar surface area (TPSA) is 17.1 Å². The monoisotopic (exact) mass is 200 g/mol. The van der Waals surface area contributed by atoms with Crippen LogP contribution in [0.3, 0.4) is 0 Å². The Morgan fingerprint density at radius 3 is 2.85 bits per heavy atom. The van der Waals surface area contributed by atoms with Gasteiger partial charge in [0, 0.05) is 11.5 Å². The number of halogens is 2. The lowest BCUT2D eigenvalue weighted by molar-refractivity contribution is -0.108. The van der Waals surface area contributed by atoms with E-state index < -0.39 is 0 Å². The molecule has 13 heavy (non-hydrogen) atoms. The van der Waals surface area contributed by atoms with E-state index in [-0.39, 0.29) is 17.6 Å². The molecule has 0 fully saturated rings. The summed E-state index contributed by atoms with van der Waals surface area (Å²) in [5, 5.41) is 0. The average Bonchev–Trinajstić information content (AvgIpc) is 2.17. The Labute approximate surface area is 81.5 Å². The first kappa shape index (κ1) is 10.2. The molecule has 1 nitrogen and oxygen atoms in total. The summed E-state index contributed by atoms with van der Waals surface area (Å²) in [6, 6.07) is 4.57. The van der Waals surface area contributed by atoms with Crippen molar-refractivity contribution < 1.29 is 9.18 Å². The van der Waals surface area contributed by atoms with Crippen molar-refractivity contribution >= 4 is 17.9 Å². The van der Waals surface area contributed by atoms with Crippen LogP contribution in [0, 0.1) is 5.82 Å². The van der Waals surface area contributed by atoms with Crippen LogP contribution in [0.25, 0.3) is 0 Å². The summed E-state index contributed by atoms with van der Waals surface area (Å²) in [5.41, 5.74) is 1.24. The van der Waals surface area contributed by atoms with Crippen molar-refractivity contribution in [2.24, 2.45) is 0 Å². The highest BCUT2D eigenvalue weighted by atomic mass is 35.5. The van der Waals surface area contributed by atoms with E-state index in [4.69, 9.17) is 11.6 Å². The molecule has 0 saturated heterocycles. The van der Waals surface area contributed by atoms with Crippen LogP contribution in [0.2, 0.25) is 0 Å². The summed E-state index contributed by atoms with van der Waals surface area (Å²) >= 11 is 5.52. The third-order valence-electron chi connectivity index (χ3n) is 1.94. The van der Waals surface area contributed by atoms with Gasteiger partial charge >= 0.3 is 0 Å². The Morgan fingerprint density at radius 1 is 1.62 bits per heavy atom. The second kappa shape index (κ2) is 4.38. The molecule has 1 aromatic rings. The molecule has 0 aromatic heterocycles. The van der Waals surface area contributed by atoms with Crippen LogP contribution < -0.4 is 0 Å². The van der Waals surface area contributed by atoms with Gasteiger partial charge < -0.3 is 4.79 Å². The Balaban J connectivity index is 3.05. The molecule has 0 spiro atoms. The smallest absolute Gasteiger partial charge is 0.127 e. The molecule has 0 amide bonds. The van der Waals surface area contributed by atoms with Crippen LogP contribution in [-0.2, 0) is 10.7 Å². The molecule has 1 unspecified atom stereocenters. The van der Waals surface area contributed by atoms with Gasteiger partial charge in [0.25, 0.3) is 0 Å². The zero-order valence-electron chi connectivity index (χ0n) is 7.26. The fourth-order valence-corrected chi connectivity index (χ4v) is 1.26. The maximum absolute atomic E-state index is 13.0. The predicted molar refractivity (Wildman–Crippen MR) is 50.4 cm³/mol. The van der Waals surface area contributed by atoms with Crippen LogP contribution in [0.5, 0.6) is 0 Å². The number of carbonyl (C=O) groups excluding carboxylic acids is 1. The van der Waals surface area contributed by atoms with Crippen molar-refractivity contribution in [2.45, 2.75) is 18.7 Å². The van der Waals surface area contributed by atoms with Crippen molar-refractivity contribution in [1.82, 2.24) is 0 Å². The van der Waals surface area contributed by atoms with Crippen molar-refractivity contribution in [1.29, 1.82) is 0 Å². The number of hydrogen-bond donors (Lipinski definition) is 0. The fourth-order valence-electron chi connectivity index (χ4n) is 1.06. The zero-order chi connectivity index (χ0) is 9.84. The van der Waals surface area contributed by atoms with Gasteiger partial charge in [0.2, 0.25) is 0 Å². The molecular formula is C10H10ClFO. The standard InChI is InChI=1S/C10H10ClFO/c1-7(6-13)8-2-3-10(12)9(4-8)5-11/h2-4,6-7H,5H2,1H3. The molecular weight excluding hydrogens is 191 g/mol. The lowest BCUT2D eigenvalue weighted by Gasteiger charge is -2.06. The predicted octanol–water partition coefficient (Wildman–Crippen LogP) is 2.87. The van der Waals surface area contributed by atoms with Gasteiger partial charge in [-0.3, -0.25) is 0 Å². The van der Waals surface area contributed by atoms with Crippen molar-refractivity contribution in [3.63, 3.8) is 0 Å². The van der Waals surface area contributed by atoms with E-state index in [1.807, 2.05) is 0 Å². The van der Waals surface area contributed by atoms with E-state index >= 15 is 0 Å². The summed E-state index contributed by atoms with van der Waals surface area (Å²) in [5.74, 6) is -0.398. The number of alkyl halides is 1. The molecule has 3 heteroatoms. The van der Waals surface area contributed by atoms with Gasteiger partial charge in [-0.05, 0) is 11.6 Å². The van der Waals surface area contributed by atoms with E-state index in [1.54, 1.807) is 19.1 Å². The molecule has 0 aliphatic heterocycles. The van der Waals surface area contributed by atoms with E-state index in [2.05, 4.69) is 0 Å². The summed E-state index contributed by atoms with van der Waals surface area (Å²) in [7, 11) is 0. The average molecular weight is 201 g/mol. The maximum atomic E-state index is 13.0. The lowest BCUT2D eigenvalue weighted by Crippen LogP contribution is -1.96. The first-order valence-corrected chi connectivity index (χ1v) is 4.52. The number of carbonyl (C=O) groups is 1. The molecule has 0 aliphatic carbocycles. The second-order valence-corrected chi connectivity index (χ2v) is 3.18. The zero-order valence-corrected chi connectivity index (χ0v) is 8.01. The van der Waals surface area contributed by atoms with Crippen LogP contribution >= 0.6 is 11.6 Å². The molecule has 0 N–H and O–H groups in total. The number of benzene rings is 1. The van der Waals surface area contributed by atoms with Crippen LogP contribution in [0.4, 0.5) is 4.39 Å². The molecule has 0 saturated carbocycles. The Bertz CT molecular complexity index is 312. The van der Waals surface area contributed by atoms with Gasteiger partial charge in [0.1, 0.15) is 12.1 Å². The largest absolute Gasteiger partial charge is 0.303 e. The van der Waals surface area contributed by atoms with Gasteiger partial charge in [-0.2, -0.15) is 0 Å². The van der Waals surface area contributed by atoms with Gasteiger partial charge in [-0.15, -0.1) is 11.6 Å². The first-order chi connectivity index (χ1) is 6.19. The van der Waals surface area contributed by atoms with E-state index in [0.717, 1.165) is 11.8 Å². The third-order valence-corrected chi connectivity index (χ3v) is 2.23. The van der Waals surface area contributed by atoms with Crippen molar-refractivity contribution in [3.05, 3.63) is 35.1 Å². The quantitative estimate of drug-likeness (QED) is 0.542. The first-order valence-electron chi connectivity index (χ1n) is 3.98. The molecule has 70 valence electrons. The normalized spacial score (nSPS) is 12.5. The third kappa shape index (κ3) is 2.28. The highest BCUT2D eigenvalue weighted by Crippen LogP contribution is 2.18. The summed E-state index contributed by atoms with van der Waals surface area (Å²) in [6.45, 7) is 1.76. The molecule has 1 atom stereocenters. The van der Waals surface area contributed by atoms with Crippen LogP contribution in [0.1, 0.15) is 24.0 Å². The maximum Gasteiger partial charge on any atom is 0.127 e. The van der Waals surface area contributed by atoms with E-state index in [9.17, 15) is 9.18 Å². The Kier molecular flexibility index (Phi) is 3.43. The van der Waals surface area contributed by atoms with Gasteiger partial charge in [0.15, 0.2) is 0 Å². The SMILES string of the molecule is CC(C=O)c1ccc(F)c(CCl)c1. The van der Waals surface area contributed by atoms with Gasteiger partial charge in [-0.1, -0.05) is 19.1 Å². The minimum atomic E-state index is -0.322. The van der Waals surface area contributed by atoms with Crippen LogP contribution in [0.15, 0.2) is 18.2 Å². The van der Waals surface area contributed by atoms with Crippen molar-refractivity contribution in [3.8, 4) is 0 Å². The number of hydrogen-bond acceptors (Lipinski definition) is 1. The van der Waals surface area contributed by atoms with Gasteiger partial charge in [-0.25, -0.2) is 4.39 Å². The van der Waals surface area contributed by atoms with E-state index in [0.29, 0.717) is 5.56 Å². The molecule has 0 heterocycles. The Morgan fingerprint density at radius 2 is 2.31 bits per heavy atom. The molecule has 0 bridgehead atoms. The molecule has 1 rings (SSSR count). The minimum absolute atomic E-state index is 0.130. The molecule has 0 radical (unpaired) electrons. The highest BCUT2D eigenvalue weighted by molar-refractivity contribution is 6.17. The van der Waals surface area contributed by atoms with Gasteiger partial charge in [0.05, 0.1) is 5.88 Å². The fraction of sp³-hybridized carbons (Fsp3) is 0.300. The number of aldehydes is 1. The summed E-state index contributed by atoms with van der Waals surface area (Å²) < 4.78 is 13.0. The highest BCUT2D eigenvalue weighted by Gasteiger charge is 2.07. The molecule has 1 aromatic carbocycles. The molecule has 0 aliphatic rings. The number of rotatable bonds is 3. The lowest BCUT2D eigenvalue weighted by atomic mass is 10.0. The summed E-state index contributed by atoms with van der Waals surface area (Å²) in [4.78, 5) is 10.5. The summed E-state index contributed by atoms with van der Waals surface area (Å²) in [6.07, 6.45) is 0.825. The second-order valence-electron chi connectivity index (χ2n) is 2.91. The van der Waals surface area contributed by atoms with Crippen LogP contribution in [-0.4, -0.2) is 6.29 Å². The minimum Gasteiger partial charge on any atom is -0.303 e.